The van der Waals surface area contributed by atoms with Crippen molar-refractivity contribution in [1.29, 1.82) is 0 Å². The van der Waals surface area contributed by atoms with E-state index in [9.17, 15) is 0 Å². The molecule has 0 bridgehead atoms. The highest BCUT2D eigenvalue weighted by atomic mass is 35.5. The van der Waals surface area contributed by atoms with Gasteiger partial charge in [-0.05, 0) is 36.8 Å². The van der Waals surface area contributed by atoms with E-state index >= 15 is 0 Å². The van der Waals surface area contributed by atoms with Crippen LogP contribution in [0.25, 0.3) is 0 Å². The van der Waals surface area contributed by atoms with Gasteiger partial charge in [0.15, 0.2) is 11.5 Å². The van der Waals surface area contributed by atoms with Crippen molar-refractivity contribution in [3.05, 3.63) is 57.6 Å². The average molecular weight is 421 g/mol. The quantitative estimate of drug-likeness (QED) is 0.541. The van der Waals surface area contributed by atoms with Crippen LogP contribution in [0.2, 0.25) is 10.0 Å². The normalized spacial score (nSPS) is 10.3. The Bertz CT molecular complexity index is 683. The maximum Gasteiger partial charge on any atom is 0.161 e. The number of benzene rings is 2. The summed E-state index contributed by atoms with van der Waals surface area (Å²) in [6.45, 7) is 5.09. The molecule has 0 saturated heterocycles. The van der Waals surface area contributed by atoms with Crippen LogP contribution in [0.3, 0.4) is 0 Å². The van der Waals surface area contributed by atoms with E-state index < -0.39 is 0 Å². The second-order valence-corrected chi connectivity index (χ2v) is 6.25. The van der Waals surface area contributed by atoms with Gasteiger partial charge in [-0.3, -0.25) is 0 Å². The largest absolute Gasteiger partial charge is 0.490 e. The lowest BCUT2D eigenvalue weighted by Gasteiger charge is -2.14. The molecule has 0 unspecified atom stereocenters. The Morgan fingerprint density at radius 2 is 1.81 bits per heavy atom. The highest BCUT2D eigenvalue weighted by molar-refractivity contribution is 6.35. The molecule has 0 heterocycles. The van der Waals surface area contributed by atoms with Crippen molar-refractivity contribution in [2.75, 3.05) is 26.9 Å². The van der Waals surface area contributed by atoms with Crippen LogP contribution < -0.4 is 14.8 Å². The van der Waals surface area contributed by atoms with E-state index in [1.165, 1.54) is 0 Å². The fourth-order valence-corrected chi connectivity index (χ4v) is 2.71. The highest BCUT2D eigenvalue weighted by Gasteiger charge is 2.09. The summed E-state index contributed by atoms with van der Waals surface area (Å²) in [4.78, 5) is 0. The van der Waals surface area contributed by atoms with Crippen LogP contribution in [0.15, 0.2) is 36.4 Å². The van der Waals surface area contributed by atoms with Crippen molar-refractivity contribution in [1.82, 2.24) is 5.32 Å². The molecule has 0 aliphatic rings. The van der Waals surface area contributed by atoms with Gasteiger partial charge in [0, 0.05) is 35.8 Å². The molecule has 2 aromatic carbocycles. The average Bonchev–Trinajstić information content (AvgIpc) is 2.59. The van der Waals surface area contributed by atoms with Gasteiger partial charge in [0.25, 0.3) is 0 Å². The molecule has 144 valence electrons. The second-order valence-electron chi connectivity index (χ2n) is 5.41. The fourth-order valence-electron chi connectivity index (χ4n) is 2.25. The first kappa shape index (κ1) is 22.9. The van der Waals surface area contributed by atoms with Gasteiger partial charge < -0.3 is 19.5 Å². The molecule has 4 nitrogen and oxygen atoms in total. The first-order valence-corrected chi connectivity index (χ1v) is 8.91. The molecule has 26 heavy (non-hydrogen) atoms. The van der Waals surface area contributed by atoms with Crippen LogP contribution in [0.1, 0.15) is 18.1 Å². The summed E-state index contributed by atoms with van der Waals surface area (Å²) in [5, 5.41) is 4.50. The SMILES string of the molecule is CCOc1cc(CNCCOC)ccc1OCc1ccc(Cl)cc1Cl.Cl. The van der Waals surface area contributed by atoms with Gasteiger partial charge >= 0.3 is 0 Å². The topological polar surface area (TPSA) is 39.7 Å². The van der Waals surface area contributed by atoms with Crippen LogP contribution in [-0.4, -0.2) is 26.9 Å². The number of rotatable bonds is 10. The van der Waals surface area contributed by atoms with Gasteiger partial charge in [-0.15, -0.1) is 12.4 Å². The zero-order valence-corrected chi connectivity index (χ0v) is 17.2. The van der Waals surface area contributed by atoms with Gasteiger partial charge in [0.05, 0.1) is 13.2 Å². The summed E-state index contributed by atoms with van der Waals surface area (Å²) >= 11 is 12.1. The van der Waals surface area contributed by atoms with E-state index in [1.54, 1.807) is 19.2 Å². The Kier molecular flexibility index (Phi) is 10.8. The van der Waals surface area contributed by atoms with Gasteiger partial charge in [-0.2, -0.15) is 0 Å². The lowest BCUT2D eigenvalue weighted by Crippen LogP contribution is -2.18. The maximum absolute atomic E-state index is 6.19. The van der Waals surface area contributed by atoms with Crippen molar-refractivity contribution < 1.29 is 14.2 Å². The molecule has 7 heteroatoms. The standard InChI is InChI=1S/C19H23Cl2NO3.ClH/c1-3-24-19-10-14(12-22-8-9-23-2)4-7-18(19)25-13-15-5-6-16(20)11-17(15)21;/h4-7,10-11,22H,3,8-9,12-13H2,1-2H3;1H. The molecule has 0 aliphatic carbocycles. The Labute approximate surface area is 171 Å². The minimum Gasteiger partial charge on any atom is -0.490 e. The molecule has 0 aliphatic heterocycles. The molecule has 1 N–H and O–H groups in total. The van der Waals surface area contributed by atoms with Crippen LogP contribution in [0.5, 0.6) is 11.5 Å². The molecule has 0 atom stereocenters. The van der Waals surface area contributed by atoms with Crippen molar-refractivity contribution in [3.63, 3.8) is 0 Å². The molecule has 0 saturated carbocycles. The van der Waals surface area contributed by atoms with Gasteiger partial charge in [0.1, 0.15) is 6.61 Å². The molecule has 0 spiro atoms. The summed E-state index contributed by atoms with van der Waals surface area (Å²) in [7, 11) is 1.69. The second kappa shape index (κ2) is 12.3. The third-order valence-corrected chi connectivity index (χ3v) is 4.11. The predicted octanol–water partition coefficient (Wildman–Crippen LogP) is 5.13. The van der Waals surface area contributed by atoms with Crippen LogP contribution in [-0.2, 0) is 17.9 Å². The molecular formula is C19H24Cl3NO3. The Morgan fingerprint density at radius 3 is 2.50 bits per heavy atom. The molecule has 0 radical (unpaired) electrons. The Balaban J connectivity index is 0.00000338. The number of nitrogens with one attached hydrogen (secondary N) is 1. The fraction of sp³-hybridized carbons (Fsp3) is 0.368. The molecule has 2 aromatic rings. The number of methoxy groups -OCH3 is 1. The third kappa shape index (κ3) is 7.22. The monoisotopic (exact) mass is 419 g/mol. The van der Waals surface area contributed by atoms with Gasteiger partial charge in [-0.25, -0.2) is 0 Å². The van der Waals surface area contributed by atoms with E-state index in [-0.39, 0.29) is 12.4 Å². The lowest BCUT2D eigenvalue weighted by molar-refractivity contribution is 0.199. The van der Waals surface area contributed by atoms with Crippen molar-refractivity contribution in [2.24, 2.45) is 0 Å². The summed E-state index contributed by atoms with van der Waals surface area (Å²) < 4.78 is 16.6. The number of hydrogen-bond donors (Lipinski definition) is 1. The minimum absolute atomic E-state index is 0. The predicted molar refractivity (Wildman–Crippen MR) is 109 cm³/mol. The summed E-state index contributed by atoms with van der Waals surface area (Å²) in [6.07, 6.45) is 0. The van der Waals surface area contributed by atoms with E-state index in [0.29, 0.717) is 35.6 Å². The number of halogens is 3. The first-order valence-electron chi connectivity index (χ1n) is 8.16. The minimum atomic E-state index is 0. The van der Waals surface area contributed by atoms with E-state index in [4.69, 9.17) is 37.4 Å². The summed E-state index contributed by atoms with van der Waals surface area (Å²) in [5.41, 5.74) is 2.00. The van der Waals surface area contributed by atoms with Crippen LogP contribution in [0, 0.1) is 0 Å². The summed E-state index contributed by atoms with van der Waals surface area (Å²) in [6, 6.07) is 11.3. The van der Waals surface area contributed by atoms with Gasteiger partial charge in [-0.1, -0.05) is 35.3 Å². The van der Waals surface area contributed by atoms with Crippen LogP contribution in [0.4, 0.5) is 0 Å². The zero-order chi connectivity index (χ0) is 18.1. The Hall–Kier alpha value is -1.17. The van der Waals surface area contributed by atoms with E-state index in [0.717, 1.165) is 30.0 Å². The highest BCUT2D eigenvalue weighted by Crippen LogP contribution is 2.30. The molecule has 0 fully saturated rings. The molecule has 2 rings (SSSR count). The van der Waals surface area contributed by atoms with Crippen molar-refractivity contribution >= 4 is 35.6 Å². The molecular weight excluding hydrogens is 397 g/mol. The molecule has 0 amide bonds. The summed E-state index contributed by atoms with van der Waals surface area (Å²) in [5.74, 6) is 1.41. The zero-order valence-electron chi connectivity index (χ0n) is 14.9. The number of ether oxygens (including phenoxy) is 3. The Morgan fingerprint density at radius 1 is 1.00 bits per heavy atom. The van der Waals surface area contributed by atoms with Crippen LogP contribution >= 0.6 is 35.6 Å². The number of hydrogen-bond acceptors (Lipinski definition) is 4. The van der Waals surface area contributed by atoms with E-state index in [2.05, 4.69) is 5.32 Å². The first-order chi connectivity index (χ1) is 12.1. The van der Waals surface area contributed by atoms with Crippen molar-refractivity contribution in [2.45, 2.75) is 20.1 Å². The van der Waals surface area contributed by atoms with Gasteiger partial charge in [0.2, 0.25) is 0 Å². The third-order valence-electron chi connectivity index (χ3n) is 3.52. The molecule has 0 aromatic heterocycles. The maximum atomic E-state index is 6.19. The lowest BCUT2D eigenvalue weighted by atomic mass is 10.2. The smallest absolute Gasteiger partial charge is 0.161 e. The van der Waals surface area contributed by atoms with Crippen molar-refractivity contribution in [3.8, 4) is 11.5 Å². The van der Waals surface area contributed by atoms with E-state index in [1.807, 2.05) is 31.2 Å².